The first-order valence-electron chi connectivity index (χ1n) is 6.89. The number of rotatable bonds is 6. The summed E-state index contributed by atoms with van der Waals surface area (Å²) in [6, 6.07) is 3.57. The Hall–Kier alpha value is -1.18. The second-order valence-electron chi connectivity index (χ2n) is 4.93. The summed E-state index contributed by atoms with van der Waals surface area (Å²) < 4.78 is 33.9. The summed E-state index contributed by atoms with van der Waals surface area (Å²) >= 11 is 0. The van der Waals surface area contributed by atoms with Gasteiger partial charge in [0.1, 0.15) is 11.9 Å². The van der Waals surface area contributed by atoms with E-state index >= 15 is 0 Å². The van der Waals surface area contributed by atoms with Crippen LogP contribution in [0.25, 0.3) is 0 Å². The van der Waals surface area contributed by atoms with Crippen molar-refractivity contribution in [1.29, 1.82) is 0 Å². The molecule has 1 saturated heterocycles. The van der Waals surface area contributed by atoms with Crippen LogP contribution in [-0.2, 0) is 10.2 Å². The lowest BCUT2D eigenvalue weighted by molar-refractivity contribution is 0.222. The smallest absolute Gasteiger partial charge is 0.279 e. The summed E-state index contributed by atoms with van der Waals surface area (Å²) in [5.74, 6) is 0.636. The van der Waals surface area contributed by atoms with E-state index in [9.17, 15) is 8.42 Å². The number of piperidine rings is 1. The quantitative estimate of drug-likeness (QED) is 0.856. The topological polar surface area (TPSA) is 71.5 Å². The van der Waals surface area contributed by atoms with Crippen LogP contribution in [0.5, 0.6) is 5.75 Å². The standard InChI is InChI=1S/C13H21N3O3S/c1-12(19-13-6-5-7-14-11-13)10-15-20(17,18)16-8-3-2-4-9-16/h5-7,11-12,15H,2-4,8-10H2,1H3. The minimum absolute atomic E-state index is 0.244. The van der Waals surface area contributed by atoms with Gasteiger partial charge in [-0.25, -0.2) is 0 Å². The van der Waals surface area contributed by atoms with Gasteiger partial charge in [0.25, 0.3) is 10.2 Å². The van der Waals surface area contributed by atoms with Crippen molar-refractivity contribution in [3.63, 3.8) is 0 Å². The molecule has 1 aliphatic rings. The van der Waals surface area contributed by atoms with Crippen molar-refractivity contribution in [1.82, 2.24) is 14.0 Å². The Morgan fingerprint density at radius 2 is 2.15 bits per heavy atom. The summed E-state index contributed by atoms with van der Waals surface area (Å²) in [5, 5.41) is 0. The zero-order valence-electron chi connectivity index (χ0n) is 11.7. The fourth-order valence-electron chi connectivity index (χ4n) is 2.11. The summed E-state index contributed by atoms with van der Waals surface area (Å²) in [7, 11) is -3.38. The normalized spacial score (nSPS) is 18.6. The average Bonchev–Trinajstić information content (AvgIpc) is 2.47. The number of hydrogen-bond acceptors (Lipinski definition) is 4. The van der Waals surface area contributed by atoms with Crippen LogP contribution in [0.1, 0.15) is 26.2 Å². The fourth-order valence-corrected chi connectivity index (χ4v) is 3.48. The predicted octanol–water partition coefficient (Wildman–Crippen LogP) is 1.17. The van der Waals surface area contributed by atoms with Gasteiger partial charge in [0.05, 0.1) is 6.20 Å². The molecule has 0 saturated carbocycles. The molecule has 1 aromatic heterocycles. The maximum atomic E-state index is 12.1. The van der Waals surface area contributed by atoms with Gasteiger partial charge in [0, 0.05) is 25.8 Å². The van der Waals surface area contributed by atoms with Crippen molar-refractivity contribution in [2.75, 3.05) is 19.6 Å². The second-order valence-corrected chi connectivity index (χ2v) is 6.69. The highest BCUT2D eigenvalue weighted by Gasteiger charge is 2.23. The van der Waals surface area contributed by atoms with Crippen LogP contribution in [0.4, 0.5) is 0 Å². The zero-order chi connectivity index (χ0) is 14.4. The summed E-state index contributed by atoms with van der Waals surface area (Å²) in [6.45, 7) is 3.28. The lowest BCUT2D eigenvalue weighted by Gasteiger charge is -2.26. The molecule has 7 heteroatoms. The highest BCUT2D eigenvalue weighted by Crippen LogP contribution is 2.12. The van der Waals surface area contributed by atoms with Crippen molar-refractivity contribution in [2.45, 2.75) is 32.3 Å². The van der Waals surface area contributed by atoms with Gasteiger partial charge in [0.2, 0.25) is 0 Å². The Morgan fingerprint density at radius 1 is 1.40 bits per heavy atom. The maximum absolute atomic E-state index is 12.1. The molecule has 0 radical (unpaired) electrons. The Labute approximate surface area is 120 Å². The number of nitrogens with zero attached hydrogens (tertiary/aromatic N) is 2. The molecule has 1 N–H and O–H groups in total. The molecule has 112 valence electrons. The molecule has 1 aliphatic heterocycles. The minimum Gasteiger partial charge on any atom is -0.488 e. The second kappa shape index (κ2) is 7.01. The Kier molecular flexibility index (Phi) is 5.33. The van der Waals surface area contributed by atoms with Crippen molar-refractivity contribution >= 4 is 10.2 Å². The first-order chi connectivity index (χ1) is 9.58. The Bertz CT molecular complexity index is 501. The largest absolute Gasteiger partial charge is 0.488 e. The van der Waals surface area contributed by atoms with Gasteiger partial charge >= 0.3 is 0 Å². The number of aromatic nitrogens is 1. The van der Waals surface area contributed by atoms with E-state index in [4.69, 9.17) is 4.74 Å². The van der Waals surface area contributed by atoms with E-state index in [-0.39, 0.29) is 12.6 Å². The van der Waals surface area contributed by atoms with Gasteiger partial charge in [0.15, 0.2) is 0 Å². The van der Waals surface area contributed by atoms with Crippen LogP contribution >= 0.6 is 0 Å². The molecule has 2 rings (SSSR count). The third-order valence-corrected chi connectivity index (χ3v) is 4.76. The molecule has 1 aromatic rings. The molecule has 0 bridgehead atoms. The van der Waals surface area contributed by atoms with Crippen LogP contribution in [0.15, 0.2) is 24.5 Å². The van der Waals surface area contributed by atoms with E-state index in [0.717, 1.165) is 19.3 Å². The Balaban J connectivity index is 1.81. The molecule has 0 spiro atoms. The first-order valence-corrected chi connectivity index (χ1v) is 8.33. The molecule has 20 heavy (non-hydrogen) atoms. The third-order valence-electron chi connectivity index (χ3n) is 3.18. The summed E-state index contributed by atoms with van der Waals surface area (Å²) in [6.07, 6.45) is 5.99. The molecule has 0 aliphatic carbocycles. The maximum Gasteiger partial charge on any atom is 0.279 e. The van der Waals surface area contributed by atoms with Gasteiger partial charge < -0.3 is 4.74 Å². The Morgan fingerprint density at radius 3 is 2.80 bits per heavy atom. The van der Waals surface area contributed by atoms with Gasteiger partial charge in [-0.3, -0.25) is 4.98 Å². The number of ether oxygens (including phenoxy) is 1. The van der Waals surface area contributed by atoms with Crippen LogP contribution in [0, 0.1) is 0 Å². The van der Waals surface area contributed by atoms with Crippen molar-refractivity contribution < 1.29 is 13.2 Å². The van der Waals surface area contributed by atoms with E-state index in [1.54, 1.807) is 24.5 Å². The van der Waals surface area contributed by atoms with E-state index < -0.39 is 10.2 Å². The monoisotopic (exact) mass is 299 g/mol. The van der Waals surface area contributed by atoms with E-state index in [1.165, 1.54) is 4.31 Å². The van der Waals surface area contributed by atoms with Gasteiger partial charge in [-0.2, -0.15) is 17.4 Å². The molecular weight excluding hydrogens is 278 g/mol. The molecule has 0 amide bonds. The predicted molar refractivity (Wildman–Crippen MR) is 76.7 cm³/mol. The number of pyridine rings is 1. The van der Waals surface area contributed by atoms with E-state index in [0.29, 0.717) is 18.8 Å². The fraction of sp³-hybridized carbons (Fsp3) is 0.615. The minimum atomic E-state index is -3.38. The number of nitrogens with one attached hydrogen (secondary N) is 1. The van der Waals surface area contributed by atoms with Gasteiger partial charge in [-0.05, 0) is 31.9 Å². The first kappa shape index (κ1) is 15.2. The lowest BCUT2D eigenvalue weighted by atomic mass is 10.2. The molecule has 6 nitrogen and oxygen atoms in total. The van der Waals surface area contributed by atoms with E-state index in [1.807, 2.05) is 6.92 Å². The van der Waals surface area contributed by atoms with Gasteiger partial charge in [-0.1, -0.05) is 6.42 Å². The molecule has 2 heterocycles. The molecule has 0 aromatic carbocycles. The highest BCUT2D eigenvalue weighted by molar-refractivity contribution is 7.87. The van der Waals surface area contributed by atoms with Crippen LogP contribution in [-0.4, -0.2) is 43.4 Å². The molecule has 1 atom stereocenters. The lowest BCUT2D eigenvalue weighted by Crippen LogP contribution is -2.45. The van der Waals surface area contributed by atoms with Crippen molar-refractivity contribution in [3.8, 4) is 5.75 Å². The molecule has 1 fully saturated rings. The third kappa shape index (κ3) is 4.43. The number of hydrogen-bond donors (Lipinski definition) is 1. The van der Waals surface area contributed by atoms with Crippen LogP contribution in [0.2, 0.25) is 0 Å². The van der Waals surface area contributed by atoms with Gasteiger partial charge in [-0.15, -0.1) is 0 Å². The van der Waals surface area contributed by atoms with Crippen molar-refractivity contribution in [3.05, 3.63) is 24.5 Å². The summed E-state index contributed by atoms with van der Waals surface area (Å²) in [4.78, 5) is 3.95. The molecular formula is C13H21N3O3S. The SMILES string of the molecule is CC(CNS(=O)(=O)N1CCCCC1)Oc1cccnc1. The van der Waals surface area contributed by atoms with Crippen LogP contribution < -0.4 is 9.46 Å². The van der Waals surface area contributed by atoms with E-state index in [2.05, 4.69) is 9.71 Å². The molecule has 1 unspecified atom stereocenters. The average molecular weight is 299 g/mol. The van der Waals surface area contributed by atoms with Crippen molar-refractivity contribution in [2.24, 2.45) is 0 Å². The zero-order valence-corrected chi connectivity index (χ0v) is 12.5. The van der Waals surface area contributed by atoms with Crippen LogP contribution in [0.3, 0.4) is 0 Å². The highest BCUT2D eigenvalue weighted by atomic mass is 32.2. The summed E-state index contributed by atoms with van der Waals surface area (Å²) in [5.41, 5.74) is 0.